The second-order valence-corrected chi connectivity index (χ2v) is 9.49. The van der Waals surface area contributed by atoms with Crippen LogP contribution in [0.4, 0.5) is 5.69 Å². The number of fused-ring (bicyclic) bond motifs is 1. The van der Waals surface area contributed by atoms with Gasteiger partial charge in [0.05, 0.1) is 10.4 Å². The van der Waals surface area contributed by atoms with Crippen LogP contribution in [0.5, 0.6) is 0 Å². The number of amides is 1. The van der Waals surface area contributed by atoms with Crippen LogP contribution in [0.1, 0.15) is 42.8 Å². The van der Waals surface area contributed by atoms with Crippen LogP contribution in [0.3, 0.4) is 0 Å². The Hall–Kier alpha value is -3.13. The average Bonchev–Trinajstić information content (AvgIpc) is 3.04. The van der Waals surface area contributed by atoms with Crippen molar-refractivity contribution in [2.75, 3.05) is 4.72 Å². The third-order valence-electron chi connectivity index (χ3n) is 4.20. The summed E-state index contributed by atoms with van der Waals surface area (Å²) in [6, 6.07) is 12.5. The molecule has 2 N–H and O–H groups in total. The highest BCUT2D eigenvalue weighted by molar-refractivity contribution is 7.92. The molecule has 3 rings (SSSR count). The SMILES string of the molecule is CC(=O)n1ccc2cc(S(=O)(=O)Nc3ccc(C(=O)NC(C)(C)C)cc3)ccc21. The fourth-order valence-electron chi connectivity index (χ4n) is 2.88. The number of hydrogen-bond acceptors (Lipinski definition) is 4. The molecule has 0 saturated heterocycles. The van der Waals surface area contributed by atoms with Crippen LogP contribution in [0.25, 0.3) is 10.9 Å². The van der Waals surface area contributed by atoms with Gasteiger partial charge in [0, 0.05) is 35.3 Å². The third kappa shape index (κ3) is 4.65. The molecule has 3 aromatic rings. The lowest BCUT2D eigenvalue weighted by Crippen LogP contribution is -2.40. The first-order valence-electron chi connectivity index (χ1n) is 9.04. The molecule has 1 heterocycles. The standard InChI is InChI=1S/C21H23N3O4S/c1-14(25)24-12-11-16-13-18(9-10-19(16)24)29(27,28)23-17-7-5-15(6-8-17)20(26)22-21(2,3)4/h5-13,23H,1-4H3,(H,22,26). The van der Waals surface area contributed by atoms with E-state index in [9.17, 15) is 18.0 Å². The lowest BCUT2D eigenvalue weighted by atomic mass is 10.1. The summed E-state index contributed by atoms with van der Waals surface area (Å²) in [5.41, 5.74) is 1.07. The predicted octanol–water partition coefficient (Wildman–Crippen LogP) is 3.63. The van der Waals surface area contributed by atoms with Gasteiger partial charge >= 0.3 is 0 Å². The topological polar surface area (TPSA) is 97.3 Å². The summed E-state index contributed by atoms with van der Waals surface area (Å²) in [7, 11) is -3.82. The lowest BCUT2D eigenvalue weighted by molar-refractivity contribution is 0.0916. The Kier molecular flexibility index (Phi) is 5.23. The molecule has 0 saturated carbocycles. The number of nitrogens with zero attached hydrogens (tertiary/aromatic N) is 1. The maximum absolute atomic E-state index is 12.7. The first-order valence-corrected chi connectivity index (χ1v) is 10.5. The van der Waals surface area contributed by atoms with Gasteiger partial charge < -0.3 is 5.32 Å². The number of benzene rings is 2. The average molecular weight is 413 g/mol. The highest BCUT2D eigenvalue weighted by Gasteiger charge is 2.18. The summed E-state index contributed by atoms with van der Waals surface area (Å²) >= 11 is 0. The molecule has 29 heavy (non-hydrogen) atoms. The predicted molar refractivity (Wildman–Crippen MR) is 113 cm³/mol. The third-order valence-corrected chi connectivity index (χ3v) is 5.58. The normalized spacial score (nSPS) is 12.0. The maximum atomic E-state index is 12.7. The minimum Gasteiger partial charge on any atom is -0.347 e. The summed E-state index contributed by atoms with van der Waals surface area (Å²) < 4.78 is 29.4. The first-order chi connectivity index (χ1) is 13.5. The van der Waals surface area contributed by atoms with Gasteiger partial charge in [0.15, 0.2) is 0 Å². The molecule has 0 radical (unpaired) electrons. The van der Waals surface area contributed by atoms with Crippen molar-refractivity contribution >= 4 is 38.4 Å². The van der Waals surface area contributed by atoms with E-state index in [4.69, 9.17) is 0 Å². The van der Waals surface area contributed by atoms with E-state index in [0.717, 1.165) is 0 Å². The molecule has 0 fully saturated rings. The molecule has 1 aromatic heterocycles. The number of carbonyl (C=O) groups excluding carboxylic acids is 2. The van der Waals surface area contributed by atoms with Gasteiger partial charge in [0.25, 0.3) is 15.9 Å². The zero-order valence-corrected chi connectivity index (χ0v) is 17.5. The van der Waals surface area contributed by atoms with Crippen LogP contribution in [0.2, 0.25) is 0 Å². The fourth-order valence-corrected chi connectivity index (χ4v) is 3.97. The van der Waals surface area contributed by atoms with Crippen molar-refractivity contribution in [2.24, 2.45) is 0 Å². The number of hydrogen-bond donors (Lipinski definition) is 2. The van der Waals surface area contributed by atoms with Gasteiger partial charge in [-0.05, 0) is 69.3 Å². The van der Waals surface area contributed by atoms with Gasteiger partial charge in [0.1, 0.15) is 0 Å². The summed E-state index contributed by atoms with van der Waals surface area (Å²) in [5.74, 6) is -0.378. The molecular formula is C21H23N3O4S. The number of nitrogens with one attached hydrogen (secondary N) is 2. The molecule has 8 heteroatoms. The molecular weight excluding hydrogens is 390 g/mol. The minimum absolute atomic E-state index is 0.0841. The molecule has 0 unspecified atom stereocenters. The van der Waals surface area contributed by atoms with Crippen LogP contribution in [-0.4, -0.2) is 30.3 Å². The summed E-state index contributed by atoms with van der Waals surface area (Å²) in [6.07, 6.45) is 1.61. The van der Waals surface area contributed by atoms with Gasteiger partial charge in [-0.1, -0.05) is 0 Å². The molecule has 7 nitrogen and oxygen atoms in total. The number of sulfonamides is 1. The van der Waals surface area contributed by atoms with E-state index in [1.807, 2.05) is 20.8 Å². The molecule has 0 spiro atoms. The number of anilines is 1. The molecule has 2 aromatic carbocycles. The molecule has 0 bridgehead atoms. The van der Waals surface area contributed by atoms with Gasteiger partial charge in [-0.15, -0.1) is 0 Å². The van der Waals surface area contributed by atoms with Crippen molar-refractivity contribution in [2.45, 2.75) is 38.1 Å². The second kappa shape index (κ2) is 7.36. The fraction of sp³-hybridized carbons (Fsp3) is 0.238. The van der Waals surface area contributed by atoms with Crippen LogP contribution in [-0.2, 0) is 10.0 Å². The molecule has 1 amide bonds. The minimum atomic E-state index is -3.82. The maximum Gasteiger partial charge on any atom is 0.261 e. The first kappa shape index (κ1) is 20.6. The monoisotopic (exact) mass is 413 g/mol. The molecule has 0 aliphatic carbocycles. The van der Waals surface area contributed by atoms with E-state index >= 15 is 0 Å². The van der Waals surface area contributed by atoms with Gasteiger partial charge in [-0.3, -0.25) is 18.9 Å². The van der Waals surface area contributed by atoms with E-state index in [0.29, 0.717) is 22.2 Å². The zero-order chi connectivity index (χ0) is 21.4. The summed E-state index contributed by atoms with van der Waals surface area (Å²) in [4.78, 5) is 23.9. The molecule has 0 aliphatic rings. The molecule has 152 valence electrons. The summed E-state index contributed by atoms with van der Waals surface area (Å²) in [5, 5.41) is 3.50. The van der Waals surface area contributed by atoms with Crippen LogP contribution in [0, 0.1) is 0 Å². The summed E-state index contributed by atoms with van der Waals surface area (Å²) in [6.45, 7) is 7.09. The highest BCUT2D eigenvalue weighted by atomic mass is 32.2. The van der Waals surface area contributed by atoms with Crippen molar-refractivity contribution in [1.82, 2.24) is 9.88 Å². The van der Waals surface area contributed by atoms with Gasteiger partial charge in [0.2, 0.25) is 5.91 Å². The van der Waals surface area contributed by atoms with Crippen molar-refractivity contribution in [3.05, 3.63) is 60.3 Å². The van der Waals surface area contributed by atoms with Crippen LogP contribution in [0.15, 0.2) is 59.6 Å². The number of rotatable bonds is 4. The Morgan fingerprint density at radius 1 is 0.966 bits per heavy atom. The van der Waals surface area contributed by atoms with E-state index in [1.54, 1.807) is 42.6 Å². The zero-order valence-electron chi connectivity index (χ0n) is 16.7. The highest BCUT2D eigenvalue weighted by Crippen LogP contribution is 2.23. The van der Waals surface area contributed by atoms with Crippen LogP contribution < -0.4 is 10.0 Å². The van der Waals surface area contributed by atoms with Crippen molar-refractivity contribution in [3.8, 4) is 0 Å². The van der Waals surface area contributed by atoms with E-state index in [-0.39, 0.29) is 22.2 Å². The smallest absolute Gasteiger partial charge is 0.261 e. The van der Waals surface area contributed by atoms with Crippen molar-refractivity contribution in [3.63, 3.8) is 0 Å². The Bertz CT molecular complexity index is 1190. The Morgan fingerprint density at radius 2 is 1.62 bits per heavy atom. The lowest BCUT2D eigenvalue weighted by Gasteiger charge is -2.20. The number of carbonyl (C=O) groups is 2. The Balaban J connectivity index is 1.81. The Morgan fingerprint density at radius 3 is 2.21 bits per heavy atom. The van der Waals surface area contributed by atoms with E-state index in [1.165, 1.54) is 23.6 Å². The molecule has 0 atom stereocenters. The van der Waals surface area contributed by atoms with E-state index in [2.05, 4.69) is 10.0 Å². The van der Waals surface area contributed by atoms with Gasteiger partial charge in [-0.2, -0.15) is 0 Å². The molecule has 0 aliphatic heterocycles. The van der Waals surface area contributed by atoms with Crippen molar-refractivity contribution in [1.29, 1.82) is 0 Å². The Labute approximate surface area is 169 Å². The van der Waals surface area contributed by atoms with Crippen molar-refractivity contribution < 1.29 is 18.0 Å². The second-order valence-electron chi connectivity index (χ2n) is 7.81. The quantitative estimate of drug-likeness (QED) is 0.682. The van der Waals surface area contributed by atoms with E-state index < -0.39 is 10.0 Å². The number of aromatic nitrogens is 1. The van der Waals surface area contributed by atoms with Gasteiger partial charge in [-0.25, -0.2) is 8.42 Å². The van der Waals surface area contributed by atoms with Crippen LogP contribution >= 0.6 is 0 Å². The largest absolute Gasteiger partial charge is 0.347 e.